The molecular formula is C15H33N3. The summed E-state index contributed by atoms with van der Waals surface area (Å²) in [7, 11) is 2.26. The molecule has 1 aliphatic heterocycles. The quantitative estimate of drug-likeness (QED) is 0.650. The Morgan fingerprint density at radius 3 is 2.44 bits per heavy atom. The predicted molar refractivity (Wildman–Crippen MR) is 80.0 cm³/mol. The highest BCUT2D eigenvalue weighted by molar-refractivity contribution is 4.79. The van der Waals surface area contributed by atoms with E-state index >= 15 is 0 Å². The molecule has 3 nitrogen and oxygen atoms in total. The lowest BCUT2D eigenvalue weighted by Gasteiger charge is -2.26. The lowest BCUT2D eigenvalue weighted by Crippen LogP contribution is -2.46. The summed E-state index contributed by atoms with van der Waals surface area (Å²) >= 11 is 0. The van der Waals surface area contributed by atoms with Gasteiger partial charge >= 0.3 is 0 Å². The zero-order valence-corrected chi connectivity index (χ0v) is 13.0. The Bertz CT molecular complexity index is 216. The summed E-state index contributed by atoms with van der Waals surface area (Å²) in [5, 5.41) is 7.27. The van der Waals surface area contributed by atoms with Gasteiger partial charge in [-0.15, -0.1) is 0 Å². The van der Waals surface area contributed by atoms with Crippen LogP contribution in [0.4, 0.5) is 0 Å². The number of rotatable bonds is 8. The Morgan fingerprint density at radius 2 is 1.94 bits per heavy atom. The van der Waals surface area contributed by atoms with E-state index in [2.05, 4.69) is 50.3 Å². The molecule has 2 atom stereocenters. The molecule has 0 bridgehead atoms. The van der Waals surface area contributed by atoms with E-state index in [0.29, 0.717) is 18.0 Å². The molecule has 1 saturated heterocycles. The molecule has 18 heavy (non-hydrogen) atoms. The summed E-state index contributed by atoms with van der Waals surface area (Å²) in [6, 6.07) is 1.97. The molecule has 0 aromatic heterocycles. The Morgan fingerprint density at radius 1 is 1.22 bits per heavy atom. The first kappa shape index (κ1) is 15.9. The average Bonchev–Trinajstić information content (AvgIpc) is 2.68. The van der Waals surface area contributed by atoms with Crippen LogP contribution in [0.5, 0.6) is 0 Å². The normalized spacial score (nSPS) is 23.2. The standard InChI is InChI=1S/C15H33N3/c1-12(2)15(17-13(3)4)11-16-9-8-14-7-6-10-18(14)5/h12-17H,6-11H2,1-5H3/t14?,15-/m0/s1. The van der Waals surface area contributed by atoms with Crippen LogP contribution < -0.4 is 10.6 Å². The van der Waals surface area contributed by atoms with E-state index in [9.17, 15) is 0 Å². The van der Waals surface area contributed by atoms with Crippen molar-refractivity contribution in [2.24, 2.45) is 5.92 Å². The van der Waals surface area contributed by atoms with Gasteiger partial charge in [0.2, 0.25) is 0 Å². The van der Waals surface area contributed by atoms with Crippen LogP contribution in [-0.4, -0.2) is 49.7 Å². The van der Waals surface area contributed by atoms with Crippen LogP contribution in [0, 0.1) is 5.92 Å². The van der Waals surface area contributed by atoms with Crippen molar-refractivity contribution in [1.29, 1.82) is 0 Å². The molecule has 1 fully saturated rings. The lowest BCUT2D eigenvalue weighted by atomic mass is 10.0. The second kappa shape index (κ2) is 8.13. The third-order valence-electron chi connectivity index (χ3n) is 4.04. The highest BCUT2D eigenvalue weighted by Gasteiger charge is 2.20. The lowest BCUT2D eigenvalue weighted by molar-refractivity contribution is 0.288. The van der Waals surface area contributed by atoms with Gasteiger partial charge in [-0.25, -0.2) is 0 Å². The summed E-state index contributed by atoms with van der Waals surface area (Å²) in [6.07, 6.45) is 4.06. The maximum Gasteiger partial charge on any atom is 0.0217 e. The minimum Gasteiger partial charge on any atom is -0.315 e. The molecule has 108 valence electrons. The van der Waals surface area contributed by atoms with Gasteiger partial charge in [0.1, 0.15) is 0 Å². The van der Waals surface area contributed by atoms with Crippen LogP contribution in [0.1, 0.15) is 47.0 Å². The molecule has 1 rings (SSSR count). The number of likely N-dealkylation sites (tertiary alicyclic amines) is 1. The van der Waals surface area contributed by atoms with Gasteiger partial charge in [0.25, 0.3) is 0 Å². The molecule has 1 aliphatic rings. The second-order valence-electron chi connectivity index (χ2n) is 6.44. The maximum atomic E-state index is 3.64. The number of hydrogen-bond donors (Lipinski definition) is 2. The Balaban J connectivity index is 2.14. The smallest absolute Gasteiger partial charge is 0.0217 e. The fraction of sp³-hybridized carbons (Fsp3) is 1.00. The third kappa shape index (κ3) is 5.68. The molecule has 0 aliphatic carbocycles. The van der Waals surface area contributed by atoms with E-state index in [4.69, 9.17) is 0 Å². The number of nitrogens with zero attached hydrogens (tertiary/aromatic N) is 1. The largest absolute Gasteiger partial charge is 0.315 e. The monoisotopic (exact) mass is 255 g/mol. The minimum atomic E-state index is 0.570. The molecule has 2 N–H and O–H groups in total. The van der Waals surface area contributed by atoms with Crippen LogP contribution in [0.25, 0.3) is 0 Å². The Hall–Kier alpha value is -0.120. The predicted octanol–water partition coefficient (Wildman–Crippen LogP) is 2.08. The van der Waals surface area contributed by atoms with Crippen molar-refractivity contribution >= 4 is 0 Å². The van der Waals surface area contributed by atoms with Gasteiger partial charge in [-0.1, -0.05) is 27.7 Å². The Labute approximate surface area is 114 Å². The summed E-state index contributed by atoms with van der Waals surface area (Å²) in [6.45, 7) is 12.6. The maximum absolute atomic E-state index is 3.64. The fourth-order valence-electron chi connectivity index (χ4n) is 2.79. The van der Waals surface area contributed by atoms with Gasteiger partial charge in [0.15, 0.2) is 0 Å². The van der Waals surface area contributed by atoms with Crippen molar-refractivity contribution in [2.75, 3.05) is 26.7 Å². The van der Waals surface area contributed by atoms with E-state index in [-0.39, 0.29) is 0 Å². The SMILES string of the molecule is CC(C)N[C@@H](CNCCC1CCCN1C)C(C)C. The van der Waals surface area contributed by atoms with E-state index in [1.807, 2.05) is 0 Å². The highest BCUT2D eigenvalue weighted by atomic mass is 15.1. The molecule has 0 amide bonds. The van der Waals surface area contributed by atoms with Gasteiger partial charge in [-0.2, -0.15) is 0 Å². The van der Waals surface area contributed by atoms with Gasteiger partial charge in [-0.3, -0.25) is 0 Å². The van der Waals surface area contributed by atoms with Crippen LogP contribution in [0.3, 0.4) is 0 Å². The first-order valence-electron chi connectivity index (χ1n) is 7.67. The first-order chi connectivity index (χ1) is 8.50. The fourth-order valence-corrected chi connectivity index (χ4v) is 2.79. The van der Waals surface area contributed by atoms with Gasteiger partial charge in [-0.05, 0) is 45.3 Å². The second-order valence-corrected chi connectivity index (χ2v) is 6.44. The zero-order valence-electron chi connectivity index (χ0n) is 13.0. The molecule has 0 spiro atoms. The van der Waals surface area contributed by atoms with Crippen molar-refractivity contribution in [2.45, 2.75) is 65.1 Å². The average molecular weight is 255 g/mol. The molecule has 3 heteroatoms. The minimum absolute atomic E-state index is 0.570. The van der Waals surface area contributed by atoms with Gasteiger partial charge < -0.3 is 15.5 Å². The summed E-state index contributed by atoms with van der Waals surface area (Å²) < 4.78 is 0. The molecule has 0 radical (unpaired) electrons. The third-order valence-corrected chi connectivity index (χ3v) is 4.04. The Kier molecular flexibility index (Phi) is 7.20. The molecular weight excluding hydrogens is 222 g/mol. The van der Waals surface area contributed by atoms with Crippen molar-refractivity contribution in [1.82, 2.24) is 15.5 Å². The first-order valence-corrected chi connectivity index (χ1v) is 7.67. The van der Waals surface area contributed by atoms with Gasteiger partial charge in [0.05, 0.1) is 0 Å². The highest BCUT2D eigenvalue weighted by Crippen LogP contribution is 2.16. The van der Waals surface area contributed by atoms with Crippen molar-refractivity contribution < 1.29 is 0 Å². The zero-order chi connectivity index (χ0) is 13.5. The van der Waals surface area contributed by atoms with Crippen molar-refractivity contribution in [3.8, 4) is 0 Å². The summed E-state index contributed by atoms with van der Waals surface area (Å²) in [5.74, 6) is 0.689. The van der Waals surface area contributed by atoms with E-state index < -0.39 is 0 Å². The summed E-state index contributed by atoms with van der Waals surface area (Å²) in [5.41, 5.74) is 0. The van der Waals surface area contributed by atoms with Crippen LogP contribution >= 0.6 is 0 Å². The van der Waals surface area contributed by atoms with E-state index in [1.165, 1.54) is 25.8 Å². The molecule has 1 unspecified atom stereocenters. The van der Waals surface area contributed by atoms with E-state index in [0.717, 1.165) is 19.1 Å². The van der Waals surface area contributed by atoms with Crippen molar-refractivity contribution in [3.05, 3.63) is 0 Å². The molecule has 0 saturated carbocycles. The van der Waals surface area contributed by atoms with Gasteiger partial charge in [0, 0.05) is 24.7 Å². The van der Waals surface area contributed by atoms with Crippen molar-refractivity contribution in [3.63, 3.8) is 0 Å². The van der Waals surface area contributed by atoms with Crippen LogP contribution in [-0.2, 0) is 0 Å². The van der Waals surface area contributed by atoms with E-state index in [1.54, 1.807) is 0 Å². The van der Waals surface area contributed by atoms with Crippen LogP contribution in [0.15, 0.2) is 0 Å². The molecule has 0 aromatic carbocycles. The number of hydrogen-bond acceptors (Lipinski definition) is 3. The number of nitrogens with one attached hydrogen (secondary N) is 2. The molecule has 1 heterocycles. The topological polar surface area (TPSA) is 27.3 Å². The molecule has 0 aromatic rings. The summed E-state index contributed by atoms with van der Waals surface area (Å²) in [4.78, 5) is 2.51. The van der Waals surface area contributed by atoms with Crippen LogP contribution in [0.2, 0.25) is 0 Å².